The maximum atomic E-state index is 12.3. The van der Waals surface area contributed by atoms with Gasteiger partial charge in [0.2, 0.25) is 11.8 Å². The number of nitrogens with one attached hydrogen (secondary N) is 1. The first-order valence-electron chi connectivity index (χ1n) is 8.66. The van der Waals surface area contributed by atoms with E-state index in [-0.39, 0.29) is 23.8 Å². The average molecular weight is 348 g/mol. The molecule has 1 aliphatic rings. The molecule has 0 radical (unpaired) electrons. The summed E-state index contributed by atoms with van der Waals surface area (Å²) < 4.78 is 10.6. The number of benzene rings is 1. The standard InChI is InChI=1S/C19H28N2O4/c1-12(2)21-11-15(10-18(21)22)19(23)20-7-6-14-9-17(25-5)16(24-4)8-13(14)3/h8-9,12,15H,6-7,10-11H2,1-5H3,(H,20,23). The van der Waals surface area contributed by atoms with Crippen LogP contribution in [0.4, 0.5) is 0 Å². The summed E-state index contributed by atoms with van der Waals surface area (Å²) in [5, 5.41) is 2.96. The Morgan fingerprint density at radius 1 is 1.28 bits per heavy atom. The Hall–Kier alpha value is -2.24. The van der Waals surface area contributed by atoms with Crippen LogP contribution in [0.25, 0.3) is 0 Å². The van der Waals surface area contributed by atoms with E-state index < -0.39 is 0 Å². The molecule has 1 aliphatic heterocycles. The maximum absolute atomic E-state index is 12.3. The molecule has 6 heteroatoms. The predicted molar refractivity (Wildman–Crippen MR) is 96.0 cm³/mol. The molecular weight excluding hydrogens is 320 g/mol. The van der Waals surface area contributed by atoms with Gasteiger partial charge in [0.25, 0.3) is 0 Å². The molecule has 0 bridgehead atoms. The molecular formula is C19H28N2O4. The van der Waals surface area contributed by atoms with E-state index in [1.165, 1.54) is 0 Å². The van der Waals surface area contributed by atoms with Gasteiger partial charge in [-0.15, -0.1) is 0 Å². The van der Waals surface area contributed by atoms with Crippen LogP contribution in [0.1, 0.15) is 31.4 Å². The highest BCUT2D eigenvalue weighted by atomic mass is 16.5. The van der Waals surface area contributed by atoms with Gasteiger partial charge in [-0.05, 0) is 50.5 Å². The zero-order valence-electron chi connectivity index (χ0n) is 15.7. The molecule has 0 aromatic heterocycles. The van der Waals surface area contributed by atoms with Crippen LogP contribution in [0, 0.1) is 12.8 Å². The molecule has 1 unspecified atom stereocenters. The zero-order valence-corrected chi connectivity index (χ0v) is 15.7. The van der Waals surface area contributed by atoms with Crippen LogP contribution in [0.5, 0.6) is 11.5 Å². The lowest BCUT2D eigenvalue weighted by Crippen LogP contribution is -2.36. The highest BCUT2D eigenvalue weighted by Crippen LogP contribution is 2.30. The lowest BCUT2D eigenvalue weighted by Gasteiger charge is -2.20. The number of carbonyl (C=O) groups is 2. The van der Waals surface area contributed by atoms with E-state index >= 15 is 0 Å². The second kappa shape index (κ2) is 8.23. The van der Waals surface area contributed by atoms with E-state index in [0.29, 0.717) is 37.4 Å². The van der Waals surface area contributed by atoms with Crippen LogP contribution in [0.15, 0.2) is 12.1 Å². The van der Waals surface area contributed by atoms with Crippen LogP contribution in [-0.2, 0) is 16.0 Å². The number of amides is 2. The van der Waals surface area contributed by atoms with Crippen molar-refractivity contribution in [3.8, 4) is 11.5 Å². The van der Waals surface area contributed by atoms with Crippen molar-refractivity contribution in [2.75, 3.05) is 27.3 Å². The molecule has 138 valence electrons. The van der Waals surface area contributed by atoms with Gasteiger partial charge in [0.15, 0.2) is 11.5 Å². The van der Waals surface area contributed by atoms with Crippen molar-refractivity contribution in [3.63, 3.8) is 0 Å². The van der Waals surface area contributed by atoms with Gasteiger partial charge in [0.05, 0.1) is 20.1 Å². The van der Waals surface area contributed by atoms with Crippen molar-refractivity contribution in [1.82, 2.24) is 10.2 Å². The first-order valence-corrected chi connectivity index (χ1v) is 8.66. The van der Waals surface area contributed by atoms with E-state index in [4.69, 9.17) is 9.47 Å². The molecule has 2 rings (SSSR count). The molecule has 1 atom stereocenters. The second-order valence-corrected chi connectivity index (χ2v) is 6.72. The number of likely N-dealkylation sites (tertiary alicyclic amines) is 1. The lowest BCUT2D eigenvalue weighted by molar-refractivity contribution is -0.129. The number of rotatable bonds is 7. The molecule has 1 saturated heterocycles. The minimum atomic E-state index is -0.249. The summed E-state index contributed by atoms with van der Waals surface area (Å²) in [6, 6.07) is 4.02. The number of aryl methyl sites for hydroxylation is 1. The Morgan fingerprint density at radius 3 is 2.48 bits per heavy atom. The fraction of sp³-hybridized carbons (Fsp3) is 0.579. The van der Waals surface area contributed by atoms with Gasteiger partial charge in [0.1, 0.15) is 0 Å². The highest BCUT2D eigenvalue weighted by Gasteiger charge is 2.35. The SMILES string of the molecule is COc1cc(C)c(CCNC(=O)C2CC(=O)N(C(C)C)C2)cc1OC. The summed E-state index contributed by atoms with van der Waals surface area (Å²) in [6.07, 6.45) is 1.01. The molecule has 0 spiro atoms. The third-order valence-electron chi connectivity index (χ3n) is 4.69. The molecule has 1 heterocycles. The minimum Gasteiger partial charge on any atom is -0.493 e. The van der Waals surface area contributed by atoms with Crippen LogP contribution >= 0.6 is 0 Å². The van der Waals surface area contributed by atoms with Crippen molar-refractivity contribution in [3.05, 3.63) is 23.3 Å². The molecule has 2 amide bonds. The van der Waals surface area contributed by atoms with Gasteiger partial charge < -0.3 is 19.7 Å². The Bertz CT molecular complexity index is 643. The Morgan fingerprint density at radius 2 is 1.92 bits per heavy atom. The van der Waals surface area contributed by atoms with Crippen molar-refractivity contribution >= 4 is 11.8 Å². The van der Waals surface area contributed by atoms with Crippen molar-refractivity contribution in [2.45, 2.75) is 39.7 Å². The van der Waals surface area contributed by atoms with Crippen molar-refractivity contribution < 1.29 is 19.1 Å². The summed E-state index contributed by atoms with van der Waals surface area (Å²) in [6.45, 7) is 6.99. The second-order valence-electron chi connectivity index (χ2n) is 6.72. The summed E-state index contributed by atoms with van der Waals surface area (Å²) in [7, 11) is 3.22. The molecule has 25 heavy (non-hydrogen) atoms. The van der Waals surface area contributed by atoms with Crippen molar-refractivity contribution in [1.29, 1.82) is 0 Å². The van der Waals surface area contributed by atoms with E-state index in [1.54, 1.807) is 19.1 Å². The number of carbonyl (C=O) groups excluding carboxylic acids is 2. The molecule has 1 fully saturated rings. The fourth-order valence-electron chi connectivity index (χ4n) is 3.16. The third-order valence-corrected chi connectivity index (χ3v) is 4.69. The first kappa shape index (κ1) is 19.1. The molecule has 6 nitrogen and oxygen atoms in total. The molecule has 0 aliphatic carbocycles. The van der Waals surface area contributed by atoms with E-state index in [2.05, 4.69) is 5.32 Å². The number of nitrogens with zero attached hydrogens (tertiary/aromatic N) is 1. The van der Waals surface area contributed by atoms with Gasteiger partial charge in [-0.2, -0.15) is 0 Å². The van der Waals surface area contributed by atoms with Crippen LogP contribution in [0.2, 0.25) is 0 Å². The zero-order chi connectivity index (χ0) is 18.6. The van der Waals surface area contributed by atoms with Gasteiger partial charge >= 0.3 is 0 Å². The molecule has 1 aromatic rings. The van der Waals surface area contributed by atoms with E-state index in [1.807, 2.05) is 32.9 Å². The first-order chi connectivity index (χ1) is 11.9. The molecule has 1 N–H and O–H groups in total. The highest BCUT2D eigenvalue weighted by molar-refractivity contribution is 5.89. The van der Waals surface area contributed by atoms with Crippen LogP contribution in [0.3, 0.4) is 0 Å². The maximum Gasteiger partial charge on any atom is 0.225 e. The number of methoxy groups -OCH3 is 2. The summed E-state index contributed by atoms with van der Waals surface area (Å²) in [4.78, 5) is 26.0. The quantitative estimate of drug-likeness (QED) is 0.817. The van der Waals surface area contributed by atoms with Crippen molar-refractivity contribution in [2.24, 2.45) is 5.92 Å². The van der Waals surface area contributed by atoms with Gasteiger partial charge in [-0.3, -0.25) is 9.59 Å². The smallest absolute Gasteiger partial charge is 0.225 e. The Labute approximate surface area is 149 Å². The lowest BCUT2D eigenvalue weighted by atomic mass is 10.0. The van der Waals surface area contributed by atoms with Crippen LogP contribution in [-0.4, -0.2) is 50.1 Å². The van der Waals surface area contributed by atoms with Crippen LogP contribution < -0.4 is 14.8 Å². The minimum absolute atomic E-state index is 0.0466. The average Bonchev–Trinajstić information content (AvgIpc) is 2.98. The largest absolute Gasteiger partial charge is 0.493 e. The monoisotopic (exact) mass is 348 g/mol. The normalized spacial score (nSPS) is 17.1. The molecule has 1 aromatic carbocycles. The molecule has 0 saturated carbocycles. The van der Waals surface area contributed by atoms with Gasteiger partial charge in [0, 0.05) is 25.6 Å². The van der Waals surface area contributed by atoms with Gasteiger partial charge in [-0.1, -0.05) is 0 Å². The Balaban J connectivity index is 1.91. The fourth-order valence-corrected chi connectivity index (χ4v) is 3.16. The predicted octanol–water partition coefficient (Wildman–Crippen LogP) is 1.93. The van der Waals surface area contributed by atoms with Gasteiger partial charge in [-0.25, -0.2) is 0 Å². The Kier molecular flexibility index (Phi) is 6.28. The summed E-state index contributed by atoms with van der Waals surface area (Å²) >= 11 is 0. The summed E-state index contributed by atoms with van der Waals surface area (Å²) in [5.41, 5.74) is 2.19. The summed E-state index contributed by atoms with van der Waals surface area (Å²) in [5.74, 6) is 1.15. The number of hydrogen-bond donors (Lipinski definition) is 1. The van der Waals surface area contributed by atoms with E-state index in [9.17, 15) is 9.59 Å². The number of hydrogen-bond acceptors (Lipinski definition) is 4. The van der Waals surface area contributed by atoms with E-state index in [0.717, 1.165) is 11.1 Å². The third kappa shape index (κ3) is 4.44. The topological polar surface area (TPSA) is 67.9 Å². The number of ether oxygens (including phenoxy) is 2.